The predicted octanol–water partition coefficient (Wildman–Crippen LogP) is 1.39. The first-order valence-corrected chi connectivity index (χ1v) is 6.14. The number of methoxy groups -OCH3 is 1. The van der Waals surface area contributed by atoms with Gasteiger partial charge in [0.15, 0.2) is 0 Å². The van der Waals surface area contributed by atoms with Crippen LogP contribution in [0.1, 0.15) is 23.2 Å². The van der Waals surface area contributed by atoms with Crippen LogP contribution >= 0.6 is 0 Å². The van der Waals surface area contributed by atoms with Crippen molar-refractivity contribution in [3.63, 3.8) is 0 Å². The summed E-state index contributed by atoms with van der Waals surface area (Å²) in [6, 6.07) is 5.03. The van der Waals surface area contributed by atoms with Crippen LogP contribution in [0.25, 0.3) is 0 Å². The highest BCUT2D eigenvalue weighted by atomic mass is 16.5. The quantitative estimate of drug-likeness (QED) is 0.737. The van der Waals surface area contributed by atoms with Crippen molar-refractivity contribution in [3.05, 3.63) is 23.8 Å². The second-order valence-corrected chi connectivity index (χ2v) is 4.71. The number of nitrogens with one attached hydrogen (secondary N) is 1. The maximum absolute atomic E-state index is 12.5. The number of carbonyl (C=O) groups is 1. The summed E-state index contributed by atoms with van der Waals surface area (Å²) < 4.78 is 5.43. The molecule has 0 radical (unpaired) electrons. The second kappa shape index (κ2) is 4.17. The Kier molecular flexibility index (Phi) is 2.63. The molecule has 2 aliphatic heterocycles. The average molecular weight is 248 g/mol. The molecule has 2 heterocycles. The lowest BCUT2D eigenvalue weighted by atomic mass is 10.1. The Labute approximate surface area is 105 Å². The number of phenolic OH excluding ortho intramolecular Hbond substituents is 1. The molecule has 1 aromatic carbocycles. The normalized spacial score (nSPS) is 26.3. The highest BCUT2D eigenvalue weighted by Gasteiger charge is 2.39. The smallest absolute Gasteiger partial charge is 0.256 e. The Hall–Kier alpha value is -1.75. The Morgan fingerprint density at radius 2 is 2.33 bits per heavy atom. The van der Waals surface area contributed by atoms with E-state index in [0.717, 1.165) is 19.4 Å². The SMILES string of the molecule is COC1Nc2c(O)cccc2C(=O)N2CCCC12. The van der Waals surface area contributed by atoms with Gasteiger partial charge in [0, 0.05) is 13.7 Å². The van der Waals surface area contributed by atoms with Gasteiger partial charge in [-0.05, 0) is 25.0 Å². The number of fused-ring (bicyclic) bond motifs is 2. The van der Waals surface area contributed by atoms with E-state index in [9.17, 15) is 9.90 Å². The fourth-order valence-corrected chi connectivity index (χ4v) is 2.84. The highest BCUT2D eigenvalue weighted by Crippen LogP contribution is 2.35. The number of hydrogen-bond acceptors (Lipinski definition) is 4. The van der Waals surface area contributed by atoms with E-state index >= 15 is 0 Å². The first-order chi connectivity index (χ1) is 8.72. The molecule has 1 aromatic rings. The van der Waals surface area contributed by atoms with Crippen molar-refractivity contribution in [2.75, 3.05) is 19.0 Å². The van der Waals surface area contributed by atoms with Gasteiger partial charge in [0.2, 0.25) is 0 Å². The van der Waals surface area contributed by atoms with Crippen molar-refractivity contribution < 1.29 is 14.6 Å². The minimum atomic E-state index is -0.272. The van der Waals surface area contributed by atoms with Gasteiger partial charge < -0.3 is 20.1 Å². The molecule has 1 fully saturated rings. The third kappa shape index (κ3) is 1.54. The van der Waals surface area contributed by atoms with Crippen molar-refractivity contribution in [1.82, 2.24) is 4.90 Å². The number of ether oxygens (including phenoxy) is 1. The van der Waals surface area contributed by atoms with Crippen molar-refractivity contribution in [2.24, 2.45) is 0 Å². The summed E-state index contributed by atoms with van der Waals surface area (Å²) in [4.78, 5) is 14.3. The van der Waals surface area contributed by atoms with Gasteiger partial charge in [0.1, 0.15) is 12.0 Å². The van der Waals surface area contributed by atoms with E-state index in [1.165, 1.54) is 0 Å². The van der Waals surface area contributed by atoms with Crippen molar-refractivity contribution >= 4 is 11.6 Å². The van der Waals surface area contributed by atoms with Gasteiger partial charge in [-0.3, -0.25) is 4.79 Å². The van der Waals surface area contributed by atoms with Crippen LogP contribution in [0, 0.1) is 0 Å². The molecular formula is C13H16N2O3. The first-order valence-electron chi connectivity index (χ1n) is 6.14. The fourth-order valence-electron chi connectivity index (χ4n) is 2.84. The summed E-state index contributed by atoms with van der Waals surface area (Å²) in [5, 5.41) is 13.0. The molecule has 2 unspecified atom stereocenters. The molecule has 5 nitrogen and oxygen atoms in total. The number of para-hydroxylation sites is 1. The number of amides is 1. The molecule has 5 heteroatoms. The van der Waals surface area contributed by atoms with Crippen LogP contribution in [0.3, 0.4) is 0 Å². The first kappa shape index (κ1) is 11.3. The number of phenols is 1. The van der Waals surface area contributed by atoms with Crippen LogP contribution in [-0.4, -0.2) is 41.8 Å². The van der Waals surface area contributed by atoms with E-state index < -0.39 is 0 Å². The highest BCUT2D eigenvalue weighted by molar-refractivity contribution is 6.02. The fraction of sp³-hybridized carbons (Fsp3) is 0.462. The van der Waals surface area contributed by atoms with Gasteiger partial charge in [-0.15, -0.1) is 0 Å². The largest absolute Gasteiger partial charge is 0.506 e. The monoisotopic (exact) mass is 248 g/mol. The van der Waals surface area contributed by atoms with Crippen molar-refractivity contribution in [1.29, 1.82) is 0 Å². The standard InChI is InChI=1S/C13H16N2O3/c1-18-12-9-5-3-7-15(9)13(17)8-4-2-6-10(16)11(8)14-12/h2,4,6,9,12,14,16H,3,5,7H2,1H3. The van der Waals surface area contributed by atoms with Gasteiger partial charge in [0.05, 0.1) is 17.3 Å². The number of hydrogen-bond donors (Lipinski definition) is 2. The van der Waals surface area contributed by atoms with E-state index in [1.807, 2.05) is 4.90 Å². The molecule has 0 saturated carbocycles. The molecule has 2 aliphatic rings. The molecule has 0 bridgehead atoms. The molecule has 0 spiro atoms. The van der Waals surface area contributed by atoms with Gasteiger partial charge in [0.25, 0.3) is 5.91 Å². The number of carbonyl (C=O) groups excluding carboxylic acids is 1. The summed E-state index contributed by atoms with van der Waals surface area (Å²) in [5.41, 5.74) is 0.991. The number of anilines is 1. The summed E-state index contributed by atoms with van der Waals surface area (Å²) in [5.74, 6) is 0.0551. The zero-order chi connectivity index (χ0) is 12.7. The third-order valence-electron chi connectivity index (χ3n) is 3.72. The van der Waals surface area contributed by atoms with Crippen LogP contribution in [0.5, 0.6) is 5.75 Å². The topological polar surface area (TPSA) is 61.8 Å². The maximum atomic E-state index is 12.5. The average Bonchev–Trinajstić information content (AvgIpc) is 2.81. The van der Waals surface area contributed by atoms with Gasteiger partial charge in [-0.2, -0.15) is 0 Å². The van der Waals surface area contributed by atoms with Gasteiger partial charge in [-0.25, -0.2) is 0 Å². The number of aromatic hydroxyl groups is 1. The molecule has 96 valence electrons. The van der Waals surface area contributed by atoms with E-state index in [1.54, 1.807) is 25.3 Å². The Balaban J connectivity index is 2.10. The molecular weight excluding hydrogens is 232 g/mol. The van der Waals surface area contributed by atoms with Crippen molar-refractivity contribution in [2.45, 2.75) is 25.1 Å². The zero-order valence-electron chi connectivity index (χ0n) is 10.2. The summed E-state index contributed by atoms with van der Waals surface area (Å²) in [6.45, 7) is 0.750. The van der Waals surface area contributed by atoms with Crippen LogP contribution in [0.4, 0.5) is 5.69 Å². The Morgan fingerprint density at radius 1 is 1.50 bits per heavy atom. The molecule has 0 aliphatic carbocycles. The van der Waals surface area contributed by atoms with Crippen LogP contribution in [-0.2, 0) is 4.74 Å². The molecule has 0 aromatic heterocycles. The minimum absolute atomic E-state index is 0.0320. The number of benzene rings is 1. The summed E-state index contributed by atoms with van der Waals surface area (Å²) in [6.07, 6.45) is 1.64. The molecule has 3 rings (SSSR count). The van der Waals surface area contributed by atoms with Crippen molar-refractivity contribution in [3.8, 4) is 5.75 Å². The van der Waals surface area contributed by atoms with Crippen LogP contribution in [0.2, 0.25) is 0 Å². The van der Waals surface area contributed by atoms with E-state index in [4.69, 9.17) is 4.74 Å². The molecule has 2 N–H and O–H groups in total. The number of rotatable bonds is 1. The molecule has 1 amide bonds. The van der Waals surface area contributed by atoms with Crippen LogP contribution < -0.4 is 5.32 Å². The van der Waals surface area contributed by atoms with Gasteiger partial charge >= 0.3 is 0 Å². The lowest BCUT2D eigenvalue weighted by molar-refractivity contribution is 0.0420. The minimum Gasteiger partial charge on any atom is -0.506 e. The summed E-state index contributed by atoms with van der Waals surface area (Å²) in [7, 11) is 1.61. The van der Waals surface area contributed by atoms with Crippen LogP contribution in [0.15, 0.2) is 18.2 Å². The Bertz CT molecular complexity index is 489. The maximum Gasteiger partial charge on any atom is 0.256 e. The predicted molar refractivity (Wildman–Crippen MR) is 66.6 cm³/mol. The lowest BCUT2D eigenvalue weighted by Crippen LogP contribution is -2.44. The third-order valence-corrected chi connectivity index (χ3v) is 3.72. The zero-order valence-corrected chi connectivity index (χ0v) is 10.2. The molecule has 1 saturated heterocycles. The van der Waals surface area contributed by atoms with Gasteiger partial charge in [-0.1, -0.05) is 6.07 Å². The second-order valence-electron chi connectivity index (χ2n) is 4.71. The molecule has 2 atom stereocenters. The lowest BCUT2D eigenvalue weighted by Gasteiger charge is -2.28. The number of nitrogens with zero attached hydrogens (tertiary/aromatic N) is 1. The molecule has 18 heavy (non-hydrogen) atoms. The van der Waals surface area contributed by atoms with E-state index in [0.29, 0.717) is 11.3 Å². The summed E-state index contributed by atoms with van der Waals surface area (Å²) >= 11 is 0. The van der Waals surface area contributed by atoms with E-state index in [2.05, 4.69) is 5.32 Å². The van der Waals surface area contributed by atoms with E-state index in [-0.39, 0.29) is 23.9 Å². The Morgan fingerprint density at radius 3 is 3.11 bits per heavy atom.